The number of carbonyl (C=O) groups excluding carboxylic acids is 1. The normalized spacial score (nSPS) is 24.7. The molecule has 2 aliphatic rings. The first kappa shape index (κ1) is 28.1. The highest BCUT2D eigenvalue weighted by atomic mass is 16.5. The molecule has 0 amide bonds. The third kappa shape index (κ3) is 10.6. The average molecular weight is 485 g/mol. The zero-order valence-electron chi connectivity index (χ0n) is 22.8. The van der Waals surface area contributed by atoms with Gasteiger partial charge in [0.25, 0.3) is 0 Å². The number of ether oxygens (including phenoxy) is 2. The van der Waals surface area contributed by atoms with Gasteiger partial charge in [-0.05, 0) is 80.5 Å². The van der Waals surface area contributed by atoms with Crippen LogP contribution in [0.3, 0.4) is 0 Å². The second-order valence-corrected chi connectivity index (χ2v) is 11.5. The average Bonchev–Trinajstić information content (AvgIpc) is 2.89. The van der Waals surface area contributed by atoms with Gasteiger partial charge in [-0.25, -0.2) is 0 Å². The van der Waals surface area contributed by atoms with Gasteiger partial charge >= 0.3 is 5.97 Å². The summed E-state index contributed by atoms with van der Waals surface area (Å²) in [6.07, 6.45) is 23.5. The number of rotatable bonds is 15. The van der Waals surface area contributed by atoms with Gasteiger partial charge in [-0.2, -0.15) is 0 Å². The van der Waals surface area contributed by atoms with Crippen LogP contribution in [-0.2, 0) is 4.79 Å². The van der Waals surface area contributed by atoms with Crippen LogP contribution in [0.4, 0.5) is 0 Å². The second kappa shape index (κ2) is 16.3. The van der Waals surface area contributed by atoms with Gasteiger partial charge in [0, 0.05) is 0 Å². The van der Waals surface area contributed by atoms with Crippen LogP contribution in [0.15, 0.2) is 24.3 Å². The highest BCUT2D eigenvalue weighted by Gasteiger charge is 2.27. The molecular formula is C32H52O3. The summed E-state index contributed by atoms with van der Waals surface area (Å²) in [5, 5.41) is 0. The fourth-order valence-electron chi connectivity index (χ4n) is 6.31. The van der Waals surface area contributed by atoms with Gasteiger partial charge in [0.05, 0.1) is 12.5 Å². The van der Waals surface area contributed by atoms with Crippen molar-refractivity contribution in [1.29, 1.82) is 0 Å². The summed E-state index contributed by atoms with van der Waals surface area (Å²) in [7, 11) is 0. The van der Waals surface area contributed by atoms with Crippen molar-refractivity contribution in [3.05, 3.63) is 24.3 Å². The zero-order chi connectivity index (χ0) is 24.7. The molecule has 0 radical (unpaired) electrons. The molecule has 0 aromatic heterocycles. The lowest BCUT2D eigenvalue weighted by Crippen LogP contribution is -2.25. The maximum atomic E-state index is 12.5. The molecule has 3 nitrogen and oxygen atoms in total. The molecule has 2 aliphatic carbocycles. The molecule has 3 heteroatoms. The maximum Gasteiger partial charge on any atom is 0.314 e. The molecule has 1 aromatic rings. The number of hydrogen-bond acceptors (Lipinski definition) is 3. The van der Waals surface area contributed by atoms with Crippen molar-refractivity contribution in [2.24, 2.45) is 23.7 Å². The Labute approximate surface area is 215 Å². The molecule has 1 aromatic carbocycles. The van der Waals surface area contributed by atoms with Gasteiger partial charge in [-0.3, -0.25) is 4.79 Å². The lowest BCUT2D eigenvalue weighted by molar-refractivity contribution is -0.140. The molecule has 0 unspecified atom stereocenters. The first-order chi connectivity index (χ1) is 17.2. The third-order valence-corrected chi connectivity index (χ3v) is 8.63. The van der Waals surface area contributed by atoms with Crippen molar-refractivity contribution >= 4 is 5.97 Å². The van der Waals surface area contributed by atoms with Crippen LogP contribution in [0, 0.1) is 23.7 Å². The van der Waals surface area contributed by atoms with Crippen LogP contribution in [-0.4, -0.2) is 12.6 Å². The summed E-state index contributed by atoms with van der Waals surface area (Å²) < 4.78 is 11.6. The van der Waals surface area contributed by atoms with E-state index in [4.69, 9.17) is 9.47 Å². The number of esters is 1. The van der Waals surface area contributed by atoms with E-state index in [1.54, 1.807) is 0 Å². The highest BCUT2D eigenvalue weighted by Crippen LogP contribution is 2.35. The molecule has 0 N–H and O–H groups in total. The smallest absolute Gasteiger partial charge is 0.314 e. The molecule has 0 saturated heterocycles. The molecule has 0 bridgehead atoms. The summed E-state index contributed by atoms with van der Waals surface area (Å²) in [4.78, 5) is 12.5. The van der Waals surface area contributed by atoms with Gasteiger partial charge < -0.3 is 9.47 Å². The Morgan fingerprint density at radius 1 is 0.657 bits per heavy atom. The standard InChI is InChI=1S/C32H52O3/c1-3-5-6-7-8-11-27-13-15-28(16-14-27)12-9-25-34-30-21-23-31(24-22-30)35-32(33)29-19-17-26(10-4-2)18-20-29/h21-24,26-29H,3-20,25H2,1-2H3/t26-,27-,28-,29-. The van der Waals surface area contributed by atoms with Crippen LogP contribution in [0.1, 0.15) is 129 Å². The minimum atomic E-state index is -0.0557. The van der Waals surface area contributed by atoms with Crippen molar-refractivity contribution in [2.45, 2.75) is 129 Å². The number of unbranched alkanes of at least 4 members (excludes halogenated alkanes) is 4. The highest BCUT2D eigenvalue weighted by molar-refractivity contribution is 5.75. The van der Waals surface area contributed by atoms with Crippen molar-refractivity contribution in [3.8, 4) is 11.5 Å². The predicted octanol–water partition coefficient (Wildman–Crippen LogP) is 9.52. The fourth-order valence-corrected chi connectivity index (χ4v) is 6.31. The first-order valence-electron chi connectivity index (χ1n) is 15.1. The van der Waals surface area contributed by atoms with Crippen molar-refractivity contribution in [2.75, 3.05) is 6.61 Å². The van der Waals surface area contributed by atoms with E-state index in [1.165, 1.54) is 96.3 Å². The van der Waals surface area contributed by atoms with Crippen molar-refractivity contribution in [1.82, 2.24) is 0 Å². The maximum absolute atomic E-state index is 12.5. The lowest BCUT2D eigenvalue weighted by Gasteiger charge is -2.28. The summed E-state index contributed by atoms with van der Waals surface area (Å²) in [6.45, 7) is 5.31. The summed E-state index contributed by atoms with van der Waals surface area (Å²) >= 11 is 0. The summed E-state index contributed by atoms with van der Waals surface area (Å²) in [5.41, 5.74) is 0. The number of hydrogen-bond donors (Lipinski definition) is 0. The van der Waals surface area contributed by atoms with E-state index < -0.39 is 0 Å². The van der Waals surface area contributed by atoms with E-state index in [1.807, 2.05) is 24.3 Å². The topological polar surface area (TPSA) is 35.5 Å². The van der Waals surface area contributed by atoms with E-state index in [0.717, 1.165) is 49.4 Å². The monoisotopic (exact) mass is 484 g/mol. The molecule has 2 saturated carbocycles. The number of carbonyl (C=O) groups is 1. The van der Waals surface area contributed by atoms with Crippen molar-refractivity contribution < 1.29 is 14.3 Å². The van der Waals surface area contributed by atoms with E-state index in [2.05, 4.69) is 13.8 Å². The van der Waals surface area contributed by atoms with Crippen LogP contribution < -0.4 is 9.47 Å². The van der Waals surface area contributed by atoms with Gasteiger partial charge in [0.1, 0.15) is 11.5 Å². The zero-order valence-corrected chi connectivity index (χ0v) is 22.8. The Balaban J connectivity index is 1.24. The summed E-state index contributed by atoms with van der Waals surface area (Å²) in [6, 6.07) is 7.62. The van der Waals surface area contributed by atoms with Gasteiger partial charge in [-0.1, -0.05) is 90.9 Å². The Kier molecular flexibility index (Phi) is 13.1. The minimum absolute atomic E-state index is 0.0557. The van der Waals surface area contributed by atoms with Crippen molar-refractivity contribution in [3.63, 3.8) is 0 Å². The van der Waals surface area contributed by atoms with E-state index in [-0.39, 0.29) is 11.9 Å². The van der Waals surface area contributed by atoms with Crippen LogP contribution in [0.25, 0.3) is 0 Å². The van der Waals surface area contributed by atoms with E-state index in [0.29, 0.717) is 5.75 Å². The molecule has 35 heavy (non-hydrogen) atoms. The Hall–Kier alpha value is -1.51. The number of benzene rings is 1. The first-order valence-corrected chi connectivity index (χ1v) is 15.1. The Morgan fingerprint density at radius 3 is 1.83 bits per heavy atom. The lowest BCUT2D eigenvalue weighted by atomic mass is 9.78. The van der Waals surface area contributed by atoms with Gasteiger partial charge in [0.2, 0.25) is 0 Å². The fraction of sp³-hybridized carbons (Fsp3) is 0.781. The summed E-state index contributed by atoms with van der Waals surface area (Å²) in [5.74, 6) is 4.22. The molecular weight excluding hydrogens is 432 g/mol. The predicted molar refractivity (Wildman–Crippen MR) is 146 cm³/mol. The molecule has 198 valence electrons. The second-order valence-electron chi connectivity index (χ2n) is 11.5. The van der Waals surface area contributed by atoms with E-state index in [9.17, 15) is 4.79 Å². The molecule has 2 fully saturated rings. The Morgan fingerprint density at radius 2 is 1.20 bits per heavy atom. The van der Waals surface area contributed by atoms with Gasteiger partial charge in [0.15, 0.2) is 0 Å². The van der Waals surface area contributed by atoms with Crippen LogP contribution in [0.2, 0.25) is 0 Å². The minimum Gasteiger partial charge on any atom is -0.494 e. The van der Waals surface area contributed by atoms with Gasteiger partial charge in [-0.15, -0.1) is 0 Å². The molecule has 0 aliphatic heterocycles. The largest absolute Gasteiger partial charge is 0.494 e. The Bertz CT molecular complexity index is 681. The third-order valence-electron chi connectivity index (χ3n) is 8.63. The van der Waals surface area contributed by atoms with E-state index >= 15 is 0 Å². The SMILES string of the molecule is CCCCCCC[C@H]1CC[C@H](CCCOc2ccc(OC(=O)[C@H]3CC[C@H](CCC)CC3)cc2)CC1. The van der Waals surface area contributed by atoms with Crippen LogP contribution in [0.5, 0.6) is 11.5 Å². The van der Waals surface area contributed by atoms with Crippen LogP contribution >= 0.6 is 0 Å². The quantitative estimate of drug-likeness (QED) is 0.141. The molecule has 0 heterocycles. The molecule has 0 spiro atoms. The molecule has 3 rings (SSSR count). The molecule has 0 atom stereocenters.